The van der Waals surface area contributed by atoms with Crippen molar-refractivity contribution in [2.45, 2.75) is 19.5 Å². The van der Waals surface area contributed by atoms with Gasteiger partial charge >= 0.3 is 0 Å². The lowest BCUT2D eigenvalue weighted by Gasteiger charge is -2.25. The zero-order chi connectivity index (χ0) is 23.5. The number of carbonyl (C=O) groups excluding carboxylic acids is 2. The Kier molecular flexibility index (Phi) is 6.13. The van der Waals surface area contributed by atoms with Crippen LogP contribution in [-0.4, -0.2) is 40.9 Å². The molecule has 1 unspecified atom stereocenters. The molecule has 4 rings (SSSR count). The summed E-state index contributed by atoms with van der Waals surface area (Å²) in [5.41, 5.74) is 2.68. The van der Waals surface area contributed by atoms with Crippen molar-refractivity contribution in [3.8, 4) is 11.5 Å². The maximum atomic E-state index is 13.2. The van der Waals surface area contributed by atoms with Gasteiger partial charge in [-0.3, -0.25) is 14.6 Å². The molecular weight excluding hydrogens is 420 g/mol. The van der Waals surface area contributed by atoms with Gasteiger partial charge in [0.25, 0.3) is 11.7 Å². The van der Waals surface area contributed by atoms with Crippen LogP contribution in [0.15, 0.2) is 72.6 Å². The van der Waals surface area contributed by atoms with Gasteiger partial charge < -0.3 is 19.5 Å². The molecule has 1 N–H and O–H groups in total. The Morgan fingerprint density at radius 2 is 1.88 bits per heavy atom. The highest BCUT2D eigenvalue weighted by atomic mass is 16.5. The Hall–Kier alpha value is -4.13. The van der Waals surface area contributed by atoms with Crippen LogP contribution in [0.25, 0.3) is 5.76 Å². The van der Waals surface area contributed by atoms with Crippen molar-refractivity contribution in [1.82, 2.24) is 9.88 Å². The van der Waals surface area contributed by atoms with Gasteiger partial charge in [-0.25, -0.2) is 0 Å². The number of aliphatic hydroxyl groups excluding tert-OH is 1. The van der Waals surface area contributed by atoms with Crippen LogP contribution >= 0.6 is 0 Å². The summed E-state index contributed by atoms with van der Waals surface area (Å²) in [5.74, 6) is -0.346. The average Bonchev–Trinajstić information content (AvgIpc) is 3.09. The minimum Gasteiger partial charge on any atom is -0.507 e. The number of methoxy groups -OCH3 is 2. The first-order valence-corrected chi connectivity index (χ1v) is 10.4. The zero-order valence-corrected chi connectivity index (χ0v) is 18.6. The molecule has 1 fully saturated rings. The van der Waals surface area contributed by atoms with E-state index in [1.807, 2.05) is 31.2 Å². The molecule has 1 aliphatic rings. The fourth-order valence-electron chi connectivity index (χ4n) is 4.08. The van der Waals surface area contributed by atoms with E-state index in [0.29, 0.717) is 22.6 Å². The van der Waals surface area contributed by atoms with Gasteiger partial charge in [0.05, 0.1) is 25.8 Å². The first-order valence-electron chi connectivity index (χ1n) is 10.4. The highest BCUT2D eigenvalue weighted by molar-refractivity contribution is 6.46. The molecule has 1 amide bonds. The van der Waals surface area contributed by atoms with E-state index < -0.39 is 17.7 Å². The van der Waals surface area contributed by atoms with Gasteiger partial charge in [-0.1, -0.05) is 18.2 Å². The minimum atomic E-state index is -0.785. The lowest BCUT2D eigenvalue weighted by Crippen LogP contribution is -2.29. The maximum absolute atomic E-state index is 13.2. The van der Waals surface area contributed by atoms with Crippen LogP contribution < -0.4 is 9.47 Å². The Bertz CT molecular complexity index is 1240. The third-order valence-corrected chi connectivity index (χ3v) is 5.70. The van der Waals surface area contributed by atoms with Gasteiger partial charge in [0.1, 0.15) is 17.3 Å². The van der Waals surface area contributed by atoms with E-state index in [0.717, 1.165) is 11.1 Å². The summed E-state index contributed by atoms with van der Waals surface area (Å²) in [5, 5.41) is 11.2. The Labute approximate surface area is 191 Å². The normalized spacial score (nSPS) is 17.3. The summed E-state index contributed by atoms with van der Waals surface area (Å²) >= 11 is 0. The predicted octanol–water partition coefficient (Wildman–Crippen LogP) is 4.03. The fraction of sp³-hybridized carbons (Fsp3) is 0.192. The van der Waals surface area contributed by atoms with Gasteiger partial charge in [-0.15, -0.1) is 0 Å². The highest BCUT2D eigenvalue weighted by Gasteiger charge is 2.46. The van der Waals surface area contributed by atoms with Crippen LogP contribution in [0.3, 0.4) is 0 Å². The number of ketones is 1. The molecule has 7 heteroatoms. The second-order valence-electron chi connectivity index (χ2n) is 7.75. The molecule has 0 bridgehead atoms. The van der Waals surface area contributed by atoms with E-state index in [-0.39, 0.29) is 17.9 Å². The quantitative estimate of drug-likeness (QED) is 0.351. The molecule has 1 saturated heterocycles. The van der Waals surface area contributed by atoms with E-state index in [9.17, 15) is 14.7 Å². The molecule has 1 aromatic heterocycles. The van der Waals surface area contributed by atoms with E-state index in [1.165, 1.54) is 4.90 Å². The molecule has 7 nitrogen and oxygen atoms in total. The number of aryl methyl sites for hydroxylation is 1. The lowest BCUT2D eigenvalue weighted by atomic mass is 9.95. The van der Waals surface area contributed by atoms with Gasteiger partial charge in [0, 0.05) is 24.5 Å². The van der Waals surface area contributed by atoms with Crippen LogP contribution in [0.1, 0.15) is 28.3 Å². The van der Waals surface area contributed by atoms with Crippen LogP contribution in [0.4, 0.5) is 0 Å². The molecular formula is C26H24N2O5. The summed E-state index contributed by atoms with van der Waals surface area (Å²) < 4.78 is 10.6. The van der Waals surface area contributed by atoms with Crippen LogP contribution in [-0.2, 0) is 16.1 Å². The van der Waals surface area contributed by atoms with E-state index in [1.54, 1.807) is 56.9 Å². The molecule has 0 aliphatic carbocycles. The molecule has 1 aliphatic heterocycles. The van der Waals surface area contributed by atoms with Crippen molar-refractivity contribution >= 4 is 17.4 Å². The van der Waals surface area contributed by atoms with Gasteiger partial charge in [-0.2, -0.15) is 0 Å². The number of Topliss-reactive ketones (excluding diaryl/α,β-unsaturated/α-hetero) is 1. The Balaban J connectivity index is 1.83. The first kappa shape index (κ1) is 22.1. The highest BCUT2D eigenvalue weighted by Crippen LogP contribution is 2.40. The standard InChI is InChI=1S/C26H24N2O5/c1-16-12-18(9-10-21(16)33-3)24(29)22-23(19-7-5-11-27-14-19)28(26(31)25(22)30)15-17-6-4-8-20(13-17)32-2/h4-14,23,29H,15H2,1-3H3/b24-22-. The van der Waals surface area contributed by atoms with Crippen molar-refractivity contribution in [1.29, 1.82) is 0 Å². The fourth-order valence-corrected chi connectivity index (χ4v) is 4.08. The molecule has 1 atom stereocenters. The number of hydrogen-bond donors (Lipinski definition) is 1. The minimum absolute atomic E-state index is 0.0282. The molecule has 3 aromatic rings. The summed E-state index contributed by atoms with van der Waals surface area (Å²) in [7, 11) is 3.13. The molecule has 168 valence electrons. The smallest absolute Gasteiger partial charge is 0.295 e. The van der Waals surface area contributed by atoms with Crippen LogP contribution in [0, 0.1) is 6.92 Å². The summed E-state index contributed by atoms with van der Waals surface area (Å²) in [6, 6.07) is 15.1. The molecule has 0 spiro atoms. The molecule has 33 heavy (non-hydrogen) atoms. The van der Waals surface area contributed by atoms with Crippen molar-refractivity contribution in [2.75, 3.05) is 14.2 Å². The van der Waals surface area contributed by atoms with Crippen molar-refractivity contribution < 1.29 is 24.2 Å². The van der Waals surface area contributed by atoms with Gasteiger partial charge in [0.15, 0.2) is 0 Å². The molecule has 2 heterocycles. The van der Waals surface area contributed by atoms with Crippen LogP contribution in [0.5, 0.6) is 11.5 Å². The summed E-state index contributed by atoms with van der Waals surface area (Å²) in [4.78, 5) is 31.9. The number of carbonyl (C=O) groups is 2. The summed E-state index contributed by atoms with van der Waals surface area (Å²) in [6.45, 7) is 2.01. The predicted molar refractivity (Wildman–Crippen MR) is 123 cm³/mol. The number of rotatable bonds is 6. The van der Waals surface area contributed by atoms with Crippen molar-refractivity contribution in [3.05, 3.63) is 94.8 Å². The third-order valence-electron chi connectivity index (χ3n) is 5.70. The number of aromatic nitrogens is 1. The SMILES string of the molecule is COc1cccc(CN2C(=O)C(=O)/C(=C(\O)c3ccc(OC)c(C)c3)C2c2cccnc2)c1. The van der Waals surface area contributed by atoms with Gasteiger partial charge in [-0.05, 0) is 60.0 Å². The average molecular weight is 444 g/mol. The number of aliphatic hydroxyl groups is 1. The monoisotopic (exact) mass is 444 g/mol. The number of ether oxygens (including phenoxy) is 2. The topological polar surface area (TPSA) is 89.0 Å². The van der Waals surface area contributed by atoms with E-state index in [2.05, 4.69) is 4.98 Å². The second kappa shape index (κ2) is 9.16. The number of benzene rings is 2. The van der Waals surface area contributed by atoms with Crippen molar-refractivity contribution in [3.63, 3.8) is 0 Å². The molecule has 2 aromatic carbocycles. The number of amides is 1. The van der Waals surface area contributed by atoms with E-state index >= 15 is 0 Å². The maximum Gasteiger partial charge on any atom is 0.295 e. The number of likely N-dealkylation sites (tertiary alicyclic amines) is 1. The summed E-state index contributed by atoms with van der Waals surface area (Å²) in [6.07, 6.45) is 3.21. The second-order valence-corrected chi connectivity index (χ2v) is 7.75. The number of hydrogen-bond acceptors (Lipinski definition) is 6. The Morgan fingerprint density at radius 1 is 1.06 bits per heavy atom. The molecule has 0 saturated carbocycles. The van der Waals surface area contributed by atoms with Crippen LogP contribution in [0.2, 0.25) is 0 Å². The van der Waals surface area contributed by atoms with Gasteiger partial charge in [0.2, 0.25) is 0 Å². The zero-order valence-electron chi connectivity index (χ0n) is 18.6. The largest absolute Gasteiger partial charge is 0.507 e. The number of nitrogens with zero attached hydrogens (tertiary/aromatic N) is 2. The van der Waals surface area contributed by atoms with E-state index in [4.69, 9.17) is 9.47 Å². The molecule has 0 radical (unpaired) electrons. The lowest BCUT2D eigenvalue weighted by molar-refractivity contribution is -0.140. The third kappa shape index (κ3) is 4.17. The first-order chi connectivity index (χ1) is 15.9. The number of pyridine rings is 1. The van der Waals surface area contributed by atoms with Crippen molar-refractivity contribution in [2.24, 2.45) is 0 Å². The Morgan fingerprint density at radius 3 is 2.55 bits per heavy atom.